The molecule has 0 radical (unpaired) electrons. The molecule has 0 bridgehead atoms. The Hall–Kier alpha value is -2.60. The van der Waals surface area contributed by atoms with Gasteiger partial charge >= 0.3 is 0 Å². The fourth-order valence-corrected chi connectivity index (χ4v) is 3.32. The summed E-state index contributed by atoms with van der Waals surface area (Å²) in [5.74, 6) is -0.917. The molecule has 0 aliphatic carbocycles. The zero-order chi connectivity index (χ0) is 21.2. The fraction of sp³-hybridized carbons (Fsp3) is 0.364. The van der Waals surface area contributed by atoms with Gasteiger partial charge < -0.3 is 15.1 Å². The van der Waals surface area contributed by atoms with E-state index in [4.69, 9.17) is 11.6 Å². The molecule has 1 fully saturated rings. The number of nitrogens with zero attached hydrogens (tertiary/aromatic N) is 2. The van der Waals surface area contributed by atoms with Crippen LogP contribution in [-0.4, -0.2) is 42.9 Å². The largest absolute Gasteiger partial charge is 0.366 e. The zero-order valence-electron chi connectivity index (χ0n) is 16.8. The van der Waals surface area contributed by atoms with E-state index >= 15 is 0 Å². The SMILES string of the molecule is CC(C)(C)C(=O)Nc1cc(Cl)ccc1N1CCN(C(=O)c2ccccc2F)CC1. The van der Waals surface area contributed by atoms with Crippen molar-refractivity contribution < 1.29 is 14.0 Å². The molecule has 1 aliphatic heterocycles. The summed E-state index contributed by atoms with van der Waals surface area (Å²) in [6, 6.07) is 11.4. The zero-order valence-corrected chi connectivity index (χ0v) is 17.6. The molecule has 1 heterocycles. The summed E-state index contributed by atoms with van der Waals surface area (Å²) in [4.78, 5) is 28.8. The smallest absolute Gasteiger partial charge is 0.256 e. The molecule has 0 aromatic heterocycles. The summed E-state index contributed by atoms with van der Waals surface area (Å²) in [7, 11) is 0. The lowest BCUT2D eigenvalue weighted by atomic mass is 9.95. The molecule has 2 aromatic carbocycles. The maximum atomic E-state index is 13.9. The first-order chi connectivity index (χ1) is 13.7. The summed E-state index contributed by atoms with van der Waals surface area (Å²) < 4.78 is 13.9. The molecular weight excluding hydrogens is 393 g/mol. The van der Waals surface area contributed by atoms with E-state index in [0.717, 1.165) is 5.69 Å². The van der Waals surface area contributed by atoms with Crippen LogP contribution in [0, 0.1) is 11.2 Å². The van der Waals surface area contributed by atoms with Crippen LogP contribution in [0.3, 0.4) is 0 Å². The van der Waals surface area contributed by atoms with Gasteiger partial charge in [0.25, 0.3) is 5.91 Å². The summed E-state index contributed by atoms with van der Waals surface area (Å²) in [6.07, 6.45) is 0. The summed E-state index contributed by atoms with van der Waals surface area (Å²) in [6.45, 7) is 7.60. The van der Waals surface area contributed by atoms with Crippen molar-refractivity contribution in [3.63, 3.8) is 0 Å². The van der Waals surface area contributed by atoms with Crippen LogP contribution in [0.5, 0.6) is 0 Å². The number of benzene rings is 2. The predicted octanol–water partition coefficient (Wildman–Crippen LogP) is 4.43. The van der Waals surface area contributed by atoms with Crippen molar-refractivity contribution in [2.24, 2.45) is 5.41 Å². The molecule has 2 aromatic rings. The van der Waals surface area contributed by atoms with E-state index in [9.17, 15) is 14.0 Å². The highest BCUT2D eigenvalue weighted by molar-refractivity contribution is 6.31. The lowest BCUT2D eigenvalue weighted by Gasteiger charge is -2.37. The van der Waals surface area contributed by atoms with Gasteiger partial charge in [0.15, 0.2) is 0 Å². The maximum absolute atomic E-state index is 13.9. The number of hydrogen-bond acceptors (Lipinski definition) is 3. The minimum Gasteiger partial charge on any atom is -0.366 e. The van der Waals surface area contributed by atoms with Crippen LogP contribution in [-0.2, 0) is 4.79 Å². The number of halogens is 2. The molecule has 0 saturated carbocycles. The van der Waals surface area contributed by atoms with Gasteiger partial charge in [-0.1, -0.05) is 44.5 Å². The molecule has 7 heteroatoms. The third-order valence-corrected chi connectivity index (χ3v) is 5.13. The Bertz CT molecular complexity index is 919. The lowest BCUT2D eigenvalue weighted by molar-refractivity contribution is -0.123. The number of carbonyl (C=O) groups excluding carboxylic acids is 2. The Morgan fingerprint density at radius 3 is 2.31 bits per heavy atom. The van der Waals surface area contributed by atoms with Crippen molar-refractivity contribution >= 4 is 34.8 Å². The van der Waals surface area contributed by atoms with Crippen molar-refractivity contribution in [1.29, 1.82) is 0 Å². The first kappa shape index (κ1) is 21.1. The lowest BCUT2D eigenvalue weighted by Crippen LogP contribution is -2.49. The van der Waals surface area contributed by atoms with Crippen LogP contribution in [0.15, 0.2) is 42.5 Å². The Morgan fingerprint density at radius 2 is 1.69 bits per heavy atom. The van der Waals surface area contributed by atoms with E-state index in [1.54, 1.807) is 29.2 Å². The average Bonchev–Trinajstić information content (AvgIpc) is 2.67. The van der Waals surface area contributed by atoms with Gasteiger partial charge in [-0.2, -0.15) is 0 Å². The highest BCUT2D eigenvalue weighted by atomic mass is 35.5. The minimum atomic E-state index is -0.537. The van der Waals surface area contributed by atoms with E-state index in [2.05, 4.69) is 10.2 Å². The van der Waals surface area contributed by atoms with Crippen LogP contribution in [0.1, 0.15) is 31.1 Å². The molecule has 1 aliphatic rings. The Balaban J connectivity index is 1.73. The molecule has 0 unspecified atom stereocenters. The first-order valence-corrected chi connectivity index (χ1v) is 9.94. The molecule has 1 N–H and O–H groups in total. The number of nitrogens with one attached hydrogen (secondary N) is 1. The quantitative estimate of drug-likeness (QED) is 0.803. The molecule has 0 spiro atoms. The molecule has 5 nitrogen and oxygen atoms in total. The molecule has 0 atom stereocenters. The average molecular weight is 418 g/mol. The van der Waals surface area contributed by atoms with E-state index in [0.29, 0.717) is 36.9 Å². The topological polar surface area (TPSA) is 52.7 Å². The second-order valence-electron chi connectivity index (χ2n) is 8.12. The molecule has 154 valence electrons. The number of piperazine rings is 1. The van der Waals surface area contributed by atoms with Crippen LogP contribution in [0.4, 0.5) is 15.8 Å². The number of hydrogen-bond donors (Lipinski definition) is 1. The summed E-state index contributed by atoms with van der Waals surface area (Å²) in [5.41, 5.74) is 1.05. The normalized spacial score (nSPS) is 14.7. The van der Waals surface area contributed by atoms with Crippen molar-refractivity contribution in [3.8, 4) is 0 Å². The fourth-order valence-electron chi connectivity index (χ4n) is 3.15. The Labute approximate surface area is 175 Å². The van der Waals surface area contributed by atoms with E-state index in [-0.39, 0.29) is 17.4 Å². The van der Waals surface area contributed by atoms with E-state index < -0.39 is 11.2 Å². The van der Waals surface area contributed by atoms with Crippen LogP contribution in [0.25, 0.3) is 0 Å². The van der Waals surface area contributed by atoms with Gasteiger partial charge in [0, 0.05) is 36.6 Å². The standard InChI is InChI=1S/C22H25ClFN3O2/c1-22(2,3)21(29)25-18-14-15(23)8-9-19(18)26-10-12-27(13-11-26)20(28)16-6-4-5-7-17(16)24/h4-9,14H,10-13H2,1-3H3,(H,25,29). The van der Waals surface area contributed by atoms with Gasteiger partial charge in [-0.05, 0) is 30.3 Å². The van der Waals surface area contributed by atoms with Crippen molar-refractivity contribution in [1.82, 2.24) is 4.90 Å². The highest BCUT2D eigenvalue weighted by Crippen LogP contribution is 2.31. The van der Waals surface area contributed by atoms with Crippen molar-refractivity contribution in [2.75, 3.05) is 36.4 Å². The second kappa shape index (κ2) is 8.41. The molecular formula is C22H25ClFN3O2. The van der Waals surface area contributed by atoms with E-state index in [1.807, 2.05) is 26.8 Å². The summed E-state index contributed by atoms with van der Waals surface area (Å²) in [5, 5.41) is 3.49. The van der Waals surface area contributed by atoms with Crippen molar-refractivity contribution in [2.45, 2.75) is 20.8 Å². The van der Waals surface area contributed by atoms with Gasteiger partial charge in [0.05, 0.1) is 16.9 Å². The first-order valence-electron chi connectivity index (χ1n) is 9.56. The van der Waals surface area contributed by atoms with Crippen LogP contribution in [0.2, 0.25) is 5.02 Å². The highest BCUT2D eigenvalue weighted by Gasteiger charge is 2.27. The Morgan fingerprint density at radius 1 is 1.03 bits per heavy atom. The maximum Gasteiger partial charge on any atom is 0.256 e. The monoisotopic (exact) mass is 417 g/mol. The number of carbonyl (C=O) groups is 2. The molecule has 29 heavy (non-hydrogen) atoms. The second-order valence-corrected chi connectivity index (χ2v) is 8.56. The number of rotatable bonds is 3. The van der Waals surface area contributed by atoms with Gasteiger partial charge in [-0.25, -0.2) is 4.39 Å². The van der Waals surface area contributed by atoms with Gasteiger partial charge in [0.2, 0.25) is 5.91 Å². The molecule has 3 rings (SSSR count). The Kier molecular flexibility index (Phi) is 6.13. The minimum absolute atomic E-state index is 0.0885. The predicted molar refractivity (Wildman–Crippen MR) is 114 cm³/mol. The van der Waals surface area contributed by atoms with Gasteiger partial charge in [-0.15, -0.1) is 0 Å². The third kappa shape index (κ3) is 4.88. The van der Waals surface area contributed by atoms with Crippen molar-refractivity contribution in [3.05, 3.63) is 58.9 Å². The third-order valence-electron chi connectivity index (χ3n) is 4.90. The molecule has 1 saturated heterocycles. The number of amides is 2. The van der Waals surface area contributed by atoms with Gasteiger partial charge in [0.1, 0.15) is 5.82 Å². The van der Waals surface area contributed by atoms with Gasteiger partial charge in [-0.3, -0.25) is 9.59 Å². The van der Waals surface area contributed by atoms with Crippen LogP contribution >= 0.6 is 11.6 Å². The number of anilines is 2. The van der Waals surface area contributed by atoms with Crippen LogP contribution < -0.4 is 10.2 Å². The summed E-state index contributed by atoms with van der Waals surface area (Å²) >= 11 is 6.14. The van der Waals surface area contributed by atoms with E-state index in [1.165, 1.54) is 12.1 Å². The molecule has 2 amide bonds.